The molecule has 1 atom stereocenters. The molecule has 0 bridgehead atoms. The Labute approximate surface area is 214 Å². The van der Waals surface area contributed by atoms with Gasteiger partial charge in [0.05, 0.1) is 10.2 Å². The standard InChI is InChI=1S/C24H29N5O5S2/c1-15(30)26-22-27-20-8-7-16(11-21(20)35-22)17-10-19(13-25-12-17)36(32,33)28-18-6-5-9-29(14-18)23(31)34-24(2,3)4/h7-8,10-13,18,28H,5-6,9,14H2,1-4H3,(H,26,27,30). The van der Waals surface area contributed by atoms with Crippen LogP contribution in [0.2, 0.25) is 0 Å². The van der Waals surface area contributed by atoms with Crippen LogP contribution in [0.1, 0.15) is 40.5 Å². The van der Waals surface area contributed by atoms with Gasteiger partial charge < -0.3 is 15.0 Å². The van der Waals surface area contributed by atoms with E-state index < -0.39 is 27.8 Å². The maximum Gasteiger partial charge on any atom is 0.410 e. The number of amides is 2. The van der Waals surface area contributed by atoms with E-state index in [-0.39, 0.29) is 17.3 Å². The molecule has 1 aromatic carbocycles. The van der Waals surface area contributed by atoms with Gasteiger partial charge in [-0.15, -0.1) is 0 Å². The molecule has 36 heavy (non-hydrogen) atoms. The number of aromatic nitrogens is 2. The van der Waals surface area contributed by atoms with E-state index in [1.807, 2.05) is 18.2 Å². The van der Waals surface area contributed by atoms with Crippen LogP contribution in [-0.4, -0.2) is 60.0 Å². The highest BCUT2D eigenvalue weighted by atomic mass is 32.2. The summed E-state index contributed by atoms with van der Waals surface area (Å²) >= 11 is 1.34. The van der Waals surface area contributed by atoms with E-state index in [9.17, 15) is 18.0 Å². The fourth-order valence-electron chi connectivity index (χ4n) is 3.88. The minimum atomic E-state index is -3.88. The van der Waals surface area contributed by atoms with Crippen molar-refractivity contribution in [3.63, 3.8) is 0 Å². The first kappa shape index (κ1) is 26.0. The van der Waals surface area contributed by atoms with Gasteiger partial charge in [-0.05, 0) is 57.4 Å². The Morgan fingerprint density at radius 3 is 2.67 bits per heavy atom. The predicted octanol–water partition coefficient (Wildman–Crippen LogP) is 3.99. The molecule has 1 aliphatic rings. The number of carbonyl (C=O) groups excluding carboxylic acids is 2. The van der Waals surface area contributed by atoms with Crippen LogP contribution in [-0.2, 0) is 19.6 Å². The molecule has 12 heteroatoms. The maximum atomic E-state index is 13.2. The van der Waals surface area contributed by atoms with Crippen molar-refractivity contribution >= 4 is 48.7 Å². The Morgan fingerprint density at radius 2 is 1.94 bits per heavy atom. The van der Waals surface area contributed by atoms with Gasteiger partial charge in [0.25, 0.3) is 0 Å². The molecule has 1 unspecified atom stereocenters. The van der Waals surface area contributed by atoms with Crippen molar-refractivity contribution in [2.45, 2.75) is 57.1 Å². The van der Waals surface area contributed by atoms with E-state index >= 15 is 0 Å². The predicted molar refractivity (Wildman–Crippen MR) is 138 cm³/mol. The lowest BCUT2D eigenvalue weighted by Crippen LogP contribution is -2.50. The molecule has 0 aliphatic carbocycles. The van der Waals surface area contributed by atoms with Gasteiger partial charge >= 0.3 is 6.09 Å². The van der Waals surface area contributed by atoms with Crippen LogP contribution in [0.3, 0.4) is 0 Å². The van der Waals surface area contributed by atoms with E-state index in [1.165, 1.54) is 29.4 Å². The third-order valence-electron chi connectivity index (χ3n) is 5.42. The van der Waals surface area contributed by atoms with Crippen LogP contribution in [0.5, 0.6) is 0 Å². The number of piperidine rings is 1. The van der Waals surface area contributed by atoms with Crippen LogP contribution >= 0.6 is 11.3 Å². The van der Waals surface area contributed by atoms with Crippen molar-refractivity contribution in [3.8, 4) is 11.1 Å². The second-order valence-electron chi connectivity index (χ2n) is 9.68. The van der Waals surface area contributed by atoms with Gasteiger partial charge in [0, 0.05) is 44.0 Å². The summed E-state index contributed by atoms with van der Waals surface area (Å²) in [5.74, 6) is -0.198. The molecule has 10 nitrogen and oxygen atoms in total. The topological polar surface area (TPSA) is 131 Å². The lowest BCUT2D eigenvalue weighted by molar-refractivity contribution is -0.114. The fraction of sp³-hybridized carbons (Fsp3) is 0.417. The summed E-state index contributed by atoms with van der Waals surface area (Å²) < 4.78 is 35.4. The number of nitrogens with zero attached hydrogens (tertiary/aromatic N) is 3. The second kappa shape index (κ2) is 10.1. The number of rotatable bonds is 5. The van der Waals surface area contributed by atoms with Gasteiger partial charge in [0.1, 0.15) is 10.5 Å². The third kappa shape index (κ3) is 6.37. The fourth-order valence-corrected chi connectivity index (χ4v) is 6.09. The zero-order valence-corrected chi connectivity index (χ0v) is 22.2. The zero-order chi connectivity index (χ0) is 26.1. The number of anilines is 1. The number of ether oxygens (including phenoxy) is 1. The molecule has 1 saturated heterocycles. The molecule has 0 spiro atoms. The van der Waals surface area contributed by atoms with Gasteiger partial charge in [0.2, 0.25) is 15.9 Å². The molecule has 4 rings (SSSR count). The van der Waals surface area contributed by atoms with Crippen molar-refractivity contribution in [1.82, 2.24) is 19.6 Å². The van der Waals surface area contributed by atoms with Gasteiger partial charge in [-0.25, -0.2) is 22.9 Å². The number of pyridine rings is 1. The lowest BCUT2D eigenvalue weighted by atomic mass is 10.1. The summed E-state index contributed by atoms with van der Waals surface area (Å²) in [6.07, 6.45) is 3.74. The summed E-state index contributed by atoms with van der Waals surface area (Å²) in [6.45, 7) is 7.57. The molecule has 1 aliphatic heterocycles. The van der Waals surface area contributed by atoms with Gasteiger partial charge in [-0.2, -0.15) is 0 Å². The van der Waals surface area contributed by atoms with E-state index in [4.69, 9.17) is 4.74 Å². The van der Waals surface area contributed by atoms with Crippen LogP contribution in [0.15, 0.2) is 41.6 Å². The Hall–Kier alpha value is -3.09. The molecular weight excluding hydrogens is 502 g/mol. The van der Waals surface area contributed by atoms with Crippen LogP contribution < -0.4 is 10.0 Å². The number of sulfonamides is 1. The molecule has 3 aromatic rings. The van der Waals surface area contributed by atoms with Gasteiger partial charge in [-0.1, -0.05) is 17.4 Å². The van der Waals surface area contributed by atoms with Crippen molar-refractivity contribution in [2.24, 2.45) is 0 Å². The van der Waals surface area contributed by atoms with Gasteiger partial charge in [0.15, 0.2) is 5.13 Å². The molecule has 0 saturated carbocycles. The quantitative estimate of drug-likeness (QED) is 0.509. The summed E-state index contributed by atoms with van der Waals surface area (Å²) in [6, 6.07) is 6.68. The van der Waals surface area contributed by atoms with Crippen LogP contribution in [0.25, 0.3) is 21.3 Å². The smallest absolute Gasteiger partial charge is 0.410 e. The van der Waals surface area contributed by atoms with Crippen molar-refractivity contribution in [1.29, 1.82) is 0 Å². The molecular formula is C24H29N5O5S2. The molecule has 192 valence electrons. The Balaban J connectivity index is 1.51. The Morgan fingerprint density at radius 1 is 1.17 bits per heavy atom. The first-order valence-electron chi connectivity index (χ1n) is 11.5. The zero-order valence-electron chi connectivity index (χ0n) is 20.6. The summed E-state index contributed by atoms with van der Waals surface area (Å²) in [5, 5.41) is 3.18. The van der Waals surface area contributed by atoms with E-state index in [2.05, 4.69) is 20.0 Å². The molecule has 1 fully saturated rings. The number of hydrogen-bond donors (Lipinski definition) is 2. The number of carbonyl (C=O) groups is 2. The third-order valence-corrected chi connectivity index (χ3v) is 7.84. The number of fused-ring (bicyclic) bond motifs is 1. The highest BCUT2D eigenvalue weighted by Crippen LogP contribution is 2.31. The van der Waals surface area contributed by atoms with Gasteiger partial charge in [-0.3, -0.25) is 9.78 Å². The molecule has 2 aromatic heterocycles. The Bertz CT molecular complexity index is 1400. The minimum Gasteiger partial charge on any atom is -0.444 e. The molecule has 0 radical (unpaired) electrons. The van der Waals surface area contributed by atoms with Crippen LogP contribution in [0.4, 0.5) is 9.93 Å². The minimum absolute atomic E-state index is 0.0396. The number of likely N-dealkylation sites (tertiary alicyclic amines) is 1. The largest absolute Gasteiger partial charge is 0.444 e. The summed E-state index contributed by atoms with van der Waals surface area (Å²) in [7, 11) is -3.88. The average molecular weight is 532 g/mol. The number of hydrogen-bond acceptors (Lipinski definition) is 8. The highest BCUT2D eigenvalue weighted by molar-refractivity contribution is 7.89. The van der Waals surface area contributed by atoms with E-state index in [0.717, 1.165) is 15.8 Å². The van der Waals surface area contributed by atoms with Crippen molar-refractivity contribution in [3.05, 3.63) is 36.7 Å². The van der Waals surface area contributed by atoms with E-state index in [1.54, 1.807) is 33.0 Å². The van der Waals surface area contributed by atoms with E-state index in [0.29, 0.717) is 30.1 Å². The Kier molecular flexibility index (Phi) is 7.30. The molecule has 3 heterocycles. The first-order chi connectivity index (χ1) is 16.9. The van der Waals surface area contributed by atoms with Crippen LogP contribution in [0, 0.1) is 0 Å². The number of benzene rings is 1. The average Bonchev–Trinajstić information content (AvgIpc) is 3.18. The molecule has 2 amide bonds. The highest BCUT2D eigenvalue weighted by Gasteiger charge is 2.30. The second-order valence-corrected chi connectivity index (χ2v) is 12.4. The number of thiazole rings is 1. The SMILES string of the molecule is CC(=O)Nc1nc2ccc(-c3cncc(S(=O)(=O)NC4CCCN(C(=O)OC(C)(C)C)C4)c3)cc2s1. The van der Waals surface area contributed by atoms with Crippen molar-refractivity contribution in [2.75, 3.05) is 18.4 Å². The molecule has 2 N–H and O–H groups in total. The normalized spacial score (nSPS) is 16.7. The summed E-state index contributed by atoms with van der Waals surface area (Å²) in [4.78, 5) is 33.9. The van der Waals surface area contributed by atoms with Crippen molar-refractivity contribution < 1.29 is 22.7 Å². The number of nitrogens with one attached hydrogen (secondary N) is 2. The maximum absolute atomic E-state index is 13.2. The first-order valence-corrected chi connectivity index (χ1v) is 13.8. The lowest BCUT2D eigenvalue weighted by Gasteiger charge is -2.34. The monoisotopic (exact) mass is 531 g/mol. The summed E-state index contributed by atoms with van der Waals surface area (Å²) in [5.41, 5.74) is 1.52.